The predicted molar refractivity (Wildman–Crippen MR) is 128 cm³/mol. The van der Waals surface area contributed by atoms with Gasteiger partial charge in [0.1, 0.15) is 16.3 Å². The molecule has 0 N–H and O–H groups in total. The minimum absolute atomic E-state index is 0.117. The van der Waals surface area contributed by atoms with Crippen molar-refractivity contribution in [2.24, 2.45) is 0 Å². The highest BCUT2D eigenvalue weighted by Gasteiger charge is 2.35. The summed E-state index contributed by atoms with van der Waals surface area (Å²) in [6.07, 6.45) is 0.608. The number of carbonyl (C=O) groups excluding carboxylic acids is 1. The van der Waals surface area contributed by atoms with Gasteiger partial charge in [0.05, 0.1) is 29.0 Å². The summed E-state index contributed by atoms with van der Waals surface area (Å²) in [5, 5.41) is 4.13. The van der Waals surface area contributed by atoms with Crippen molar-refractivity contribution >= 4 is 38.9 Å². The fourth-order valence-electron chi connectivity index (χ4n) is 4.12. The second-order valence-electron chi connectivity index (χ2n) is 7.85. The van der Waals surface area contributed by atoms with Crippen molar-refractivity contribution in [3.8, 4) is 10.6 Å². The molecule has 0 atom stereocenters. The minimum Gasteiger partial charge on any atom is -0.461 e. The highest BCUT2D eigenvalue weighted by Crippen LogP contribution is 2.33. The van der Waals surface area contributed by atoms with Crippen LogP contribution in [-0.2, 0) is 26.0 Å². The van der Waals surface area contributed by atoms with E-state index < -0.39 is 16.0 Å². The first kappa shape index (κ1) is 24.9. The zero-order chi connectivity index (χ0) is 24.5. The fraction of sp³-hybridized carbons (Fsp3) is 0.455. The summed E-state index contributed by atoms with van der Waals surface area (Å²) in [7, 11) is -3.86. The third-order valence-corrected chi connectivity index (χ3v) is 9.05. The van der Waals surface area contributed by atoms with E-state index in [0.29, 0.717) is 53.2 Å². The zero-order valence-corrected chi connectivity index (χ0v) is 21.6. The van der Waals surface area contributed by atoms with Crippen LogP contribution in [0.3, 0.4) is 0 Å². The van der Waals surface area contributed by atoms with E-state index >= 15 is 0 Å². The molecule has 0 bridgehead atoms. The average Bonchev–Trinajstić information content (AvgIpc) is 3.40. The maximum atomic E-state index is 13.6. The molecule has 9 nitrogen and oxygen atoms in total. The lowest BCUT2D eigenvalue weighted by atomic mass is 10.2. The van der Waals surface area contributed by atoms with Crippen LogP contribution in [0.15, 0.2) is 27.6 Å². The lowest BCUT2D eigenvalue weighted by Gasteiger charge is -2.20. The van der Waals surface area contributed by atoms with E-state index in [0.717, 1.165) is 4.88 Å². The van der Waals surface area contributed by atoms with Crippen molar-refractivity contribution in [1.82, 2.24) is 14.0 Å². The number of aromatic nitrogens is 2. The molecule has 0 aromatic carbocycles. The van der Waals surface area contributed by atoms with Crippen LogP contribution in [0.2, 0.25) is 4.34 Å². The van der Waals surface area contributed by atoms with E-state index in [4.69, 9.17) is 25.6 Å². The van der Waals surface area contributed by atoms with E-state index in [1.165, 1.54) is 15.6 Å². The van der Waals surface area contributed by atoms with Crippen LogP contribution in [0.1, 0.15) is 40.8 Å². The third kappa shape index (κ3) is 4.80. The molecule has 1 aliphatic heterocycles. The van der Waals surface area contributed by atoms with Crippen LogP contribution >= 0.6 is 22.9 Å². The van der Waals surface area contributed by atoms with Gasteiger partial charge in [-0.15, -0.1) is 11.3 Å². The van der Waals surface area contributed by atoms with Gasteiger partial charge in [-0.3, -0.25) is 0 Å². The second-order valence-corrected chi connectivity index (χ2v) is 11.4. The molecule has 3 aromatic heterocycles. The van der Waals surface area contributed by atoms with Crippen LogP contribution in [0.5, 0.6) is 0 Å². The summed E-state index contributed by atoms with van der Waals surface area (Å²) in [6, 6.07) is 5.36. The molecule has 0 radical (unpaired) electrons. The summed E-state index contributed by atoms with van der Waals surface area (Å²) >= 11 is 7.38. The Bertz CT molecular complexity index is 1290. The molecule has 184 valence electrons. The van der Waals surface area contributed by atoms with Gasteiger partial charge in [-0.2, -0.15) is 4.31 Å². The van der Waals surface area contributed by atoms with Gasteiger partial charge in [0.15, 0.2) is 5.76 Å². The van der Waals surface area contributed by atoms with Gasteiger partial charge in [-0.05, 0) is 39.3 Å². The Labute approximate surface area is 207 Å². The minimum atomic E-state index is -3.86. The van der Waals surface area contributed by atoms with Crippen molar-refractivity contribution in [2.45, 2.75) is 38.6 Å². The Morgan fingerprint density at radius 1 is 1.26 bits per heavy atom. The SMILES string of the molecule is CCOC(=O)c1c(C)c(S(=O)(=O)N2CCCOCC2)c(C)n1Cc1cc(-c2ccc(Cl)s2)on1. The first-order chi connectivity index (χ1) is 16.2. The monoisotopic (exact) mass is 527 g/mol. The van der Waals surface area contributed by atoms with Gasteiger partial charge in [-0.25, -0.2) is 13.2 Å². The average molecular weight is 528 g/mol. The van der Waals surface area contributed by atoms with Gasteiger partial charge in [0.25, 0.3) is 0 Å². The predicted octanol–water partition coefficient (Wildman–Crippen LogP) is 4.11. The molecular weight excluding hydrogens is 502 g/mol. The van der Waals surface area contributed by atoms with Crippen molar-refractivity contribution in [3.05, 3.63) is 45.2 Å². The first-order valence-electron chi connectivity index (χ1n) is 10.9. The number of halogens is 1. The first-order valence-corrected chi connectivity index (χ1v) is 13.5. The summed E-state index contributed by atoms with van der Waals surface area (Å²) in [5.41, 5.74) is 1.52. The number of thiophene rings is 1. The third-order valence-electron chi connectivity index (χ3n) is 5.64. The Balaban J connectivity index is 1.76. The number of carbonyl (C=O) groups is 1. The molecule has 0 spiro atoms. The van der Waals surface area contributed by atoms with Gasteiger partial charge in [0.2, 0.25) is 10.0 Å². The lowest BCUT2D eigenvalue weighted by Crippen LogP contribution is -2.34. The molecule has 3 aromatic rings. The normalized spacial score (nSPS) is 15.4. The molecular formula is C22H26ClN3O6S2. The zero-order valence-electron chi connectivity index (χ0n) is 19.2. The van der Waals surface area contributed by atoms with Crippen LogP contribution < -0.4 is 0 Å². The van der Waals surface area contributed by atoms with E-state index in [1.54, 1.807) is 37.5 Å². The molecule has 4 heterocycles. The molecule has 0 amide bonds. The van der Waals surface area contributed by atoms with Crippen LogP contribution in [0.25, 0.3) is 10.6 Å². The Kier molecular flexibility index (Phi) is 7.48. The summed E-state index contributed by atoms with van der Waals surface area (Å²) in [6.45, 7) is 6.81. The summed E-state index contributed by atoms with van der Waals surface area (Å²) < 4.78 is 47.1. The van der Waals surface area contributed by atoms with Crippen LogP contribution in [0, 0.1) is 13.8 Å². The highest BCUT2D eigenvalue weighted by atomic mass is 35.5. The number of rotatable bonds is 7. The van der Waals surface area contributed by atoms with Crippen LogP contribution in [0.4, 0.5) is 0 Å². The summed E-state index contributed by atoms with van der Waals surface area (Å²) in [4.78, 5) is 13.8. The Morgan fingerprint density at radius 3 is 2.76 bits per heavy atom. The summed E-state index contributed by atoms with van der Waals surface area (Å²) in [5.74, 6) is -0.0407. The second kappa shape index (κ2) is 10.2. The van der Waals surface area contributed by atoms with Gasteiger partial charge >= 0.3 is 5.97 Å². The quantitative estimate of drug-likeness (QED) is 0.426. The van der Waals surface area contributed by atoms with E-state index in [1.807, 2.05) is 6.07 Å². The molecule has 0 unspecified atom stereocenters. The largest absolute Gasteiger partial charge is 0.461 e. The molecule has 0 aliphatic carbocycles. The van der Waals surface area contributed by atoms with Crippen molar-refractivity contribution in [3.63, 3.8) is 0 Å². The molecule has 34 heavy (non-hydrogen) atoms. The van der Waals surface area contributed by atoms with Crippen molar-refractivity contribution in [1.29, 1.82) is 0 Å². The van der Waals surface area contributed by atoms with E-state index in [9.17, 15) is 13.2 Å². The maximum Gasteiger partial charge on any atom is 0.355 e. The molecule has 1 saturated heterocycles. The van der Waals surface area contributed by atoms with Crippen molar-refractivity contribution < 1.29 is 27.2 Å². The number of ether oxygens (including phenoxy) is 2. The van der Waals surface area contributed by atoms with Crippen LogP contribution in [-0.4, -0.2) is 61.3 Å². The van der Waals surface area contributed by atoms with Crippen molar-refractivity contribution in [2.75, 3.05) is 32.9 Å². The van der Waals surface area contributed by atoms with Gasteiger partial charge in [-0.1, -0.05) is 16.8 Å². The standard InChI is InChI=1S/C22H26ClN3O6S2/c1-4-31-22(27)20-14(2)21(34(28,29)25-8-5-10-30-11-9-25)15(3)26(20)13-16-12-17(32-24-16)18-6-7-19(23)33-18/h6-7,12H,4-5,8-11,13H2,1-3H3. The van der Waals surface area contributed by atoms with Gasteiger partial charge in [0, 0.05) is 37.0 Å². The fourth-order valence-corrected chi connectivity index (χ4v) is 7.02. The number of esters is 1. The van der Waals surface area contributed by atoms with E-state index in [-0.39, 0.29) is 30.3 Å². The van der Waals surface area contributed by atoms with Gasteiger partial charge < -0.3 is 18.6 Å². The molecule has 0 saturated carbocycles. The number of sulfonamides is 1. The molecule has 4 rings (SSSR count). The number of nitrogens with zero attached hydrogens (tertiary/aromatic N) is 3. The molecule has 1 aliphatic rings. The highest BCUT2D eigenvalue weighted by molar-refractivity contribution is 7.89. The Hall–Kier alpha value is -2.18. The Morgan fingerprint density at radius 2 is 2.06 bits per heavy atom. The smallest absolute Gasteiger partial charge is 0.355 e. The molecule has 1 fully saturated rings. The number of hydrogen-bond acceptors (Lipinski definition) is 8. The lowest BCUT2D eigenvalue weighted by molar-refractivity contribution is 0.0513. The molecule has 12 heteroatoms. The topological polar surface area (TPSA) is 104 Å². The van der Waals surface area contributed by atoms with E-state index in [2.05, 4.69) is 5.16 Å². The maximum absolute atomic E-state index is 13.6. The number of hydrogen-bond donors (Lipinski definition) is 0.